The molecule has 17 heteroatoms. The third-order valence-corrected chi connectivity index (χ3v) is 13.9. The van der Waals surface area contributed by atoms with Gasteiger partial charge in [0.2, 0.25) is 0 Å². The van der Waals surface area contributed by atoms with E-state index in [1.54, 1.807) is 99.6 Å². The van der Waals surface area contributed by atoms with Gasteiger partial charge in [-0.3, -0.25) is 19.2 Å². The van der Waals surface area contributed by atoms with Gasteiger partial charge < -0.3 is 48.7 Å². The number of ether oxygens (including phenoxy) is 7. The Bertz CT molecular complexity index is 2440. The first-order chi connectivity index (χ1) is 31.7. The van der Waals surface area contributed by atoms with E-state index in [2.05, 4.69) is 5.32 Å². The first kappa shape index (κ1) is 48.5. The van der Waals surface area contributed by atoms with E-state index >= 15 is 4.79 Å². The van der Waals surface area contributed by atoms with Crippen molar-refractivity contribution in [3.05, 3.63) is 119 Å². The number of benzene rings is 3. The number of Topliss-reactive ketones (excluding diaryl/α,β-unsaturated/α-hetero) is 1. The Hall–Kier alpha value is -6.43. The predicted octanol–water partition coefficient (Wildman–Crippen LogP) is 4.92. The average Bonchev–Trinajstić information content (AvgIpc) is 3.29. The molecule has 3 fully saturated rings. The van der Waals surface area contributed by atoms with Gasteiger partial charge in [-0.05, 0) is 61.7 Å². The summed E-state index contributed by atoms with van der Waals surface area (Å²) in [4.78, 5) is 98.0. The van der Waals surface area contributed by atoms with E-state index in [-0.39, 0.29) is 41.9 Å². The lowest BCUT2D eigenvalue weighted by Crippen LogP contribution is -2.82. The molecule has 17 nitrogen and oxygen atoms in total. The lowest BCUT2D eigenvalue weighted by molar-refractivity contribution is -0.346. The molecule has 2 bridgehead atoms. The fourth-order valence-electron chi connectivity index (χ4n) is 10.6. The lowest BCUT2D eigenvalue weighted by Gasteiger charge is -2.67. The van der Waals surface area contributed by atoms with Gasteiger partial charge in [0.05, 0.1) is 36.2 Å². The van der Waals surface area contributed by atoms with E-state index in [4.69, 9.17) is 33.2 Å². The Morgan fingerprint density at radius 3 is 1.97 bits per heavy atom. The highest BCUT2D eigenvalue weighted by atomic mass is 16.7. The minimum atomic E-state index is -2.47. The minimum Gasteiger partial charge on any atom is -0.456 e. The molecule has 1 saturated heterocycles. The van der Waals surface area contributed by atoms with Crippen molar-refractivity contribution >= 4 is 41.7 Å². The average molecular weight is 926 g/mol. The van der Waals surface area contributed by atoms with Crippen LogP contribution in [0.25, 0.3) is 0 Å². The van der Waals surface area contributed by atoms with Crippen molar-refractivity contribution in [1.29, 1.82) is 0 Å². The molecule has 0 aromatic heterocycles. The van der Waals surface area contributed by atoms with Gasteiger partial charge in [0.15, 0.2) is 23.6 Å². The number of esters is 4. The maximum absolute atomic E-state index is 16.0. The number of carbonyl (C=O) groups excluding carboxylic acids is 7. The molecule has 3 aromatic rings. The Morgan fingerprint density at radius 2 is 1.42 bits per heavy atom. The number of amides is 1. The smallest absolute Gasteiger partial charge is 0.456 e. The van der Waals surface area contributed by atoms with Crippen LogP contribution in [-0.4, -0.2) is 113 Å². The van der Waals surface area contributed by atoms with Crippen LogP contribution in [0.3, 0.4) is 0 Å². The molecular weight excluding hydrogens is 871 g/mol. The van der Waals surface area contributed by atoms with Crippen molar-refractivity contribution < 1.29 is 76.9 Å². The molecule has 67 heavy (non-hydrogen) atoms. The third kappa shape index (κ3) is 8.59. The van der Waals surface area contributed by atoms with Crippen LogP contribution in [0.4, 0.5) is 4.79 Å². The van der Waals surface area contributed by atoms with Crippen LogP contribution in [0.5, 0.6) is 0 Å². The van der Waals surface area contributed by atoms with E-state index in [1.807, 2.05) is 0 Å². The fraction of sp³-hybridized carbons (Fsp3) is 0.460. The van der Waals surface area contributed by atoms with Crippen LogP contribution < -0.4 is 5.32 Å². The molecule has 2 saturated carbocycles. The van der Waals surface area contributed by atoms with Crippen molar-refractivity contribution in [2.24, 2.45) is 16.7 Å². The van der Waals surface area contributed by atoms with Crippen LogP contribution in [0.2, 0.25) is 0 Å². The van der Waals surface area contributed by atoms with Gasteiger partial charge >= 0.3 is 30.0 Å². The normalized spacial score (nSPS) is 30.2. The first-order valence-corrected chi connectivity index (χ1v) is 22.1. The molecule has 356 valence electrons. The number of aliphatic hydroxyl groups excluding tert-OH is 1. The zero-order chi connectivity index (χ0) is 48.6. The number of fused-ring (bicyclic) bond motifs is 5. The monoisotopic (exact) mass is 925 g/mol. The van der Waals surface area contributed by atoms with Gasteiger partial charge in [0.1, 0.15) is 30.0 Å². The van der Waals surface area contributed by atoms with Crippen LogP contribution in [0, 0.1) is 16.7 Å². The summed E-state index contributed by atoms with van der Waals surface area (Å²) in [7, 11) is 0. The minimum absolute atomic E-state index is 0.0354. The highest BCUT2D eigenvalue weighted by Gasteiger charge is 2.79. The molecule has 3 aliphatic carbocycles. The molecule has 1 amide bonds. The molecule has 7 rings (SSSR count). The van der Waals surface area contributed by atoms with E-state index in [0.717, 1.165) is 13.8 Å². The van der Waals surface area contributed by atoms with Gasteiger partial charge in [0, 0.05) is 37.7 Å². The first-order valence-electron chi connectivity index (χ1n) is 22.1. The van der Waals surface area contributed by atoms with Gasteiger partial charge in [-0.25, -0.2) is 14.4 Å². The largest absolute Gasteiger partial charge is 0.508 e. The van der Waals surface area contributed by atoms with Crippen molar-refractivity contribution in [3.8, 4) is 0 Å². The topological polar surface area (TPSA) is 237 Å². The van der Waals surface area contributed by atoms with E-state index < -0.39 is 119 Å². The predicted molar refractivity (Wildman–Crippen MR) is 234 cm³/mol. The summed E-state index contributed by atoms with van der Waals surface area (Å²) in [6, 6.07) is 22.8. The summed E-state index contributed by atoms with van der Waals surface area (Å²) in [6.07, 6.45) is -12.0. The number of carbonyl (C=O) groups is 7. The summed E-state index contributed by atoms with van der Waals surface area (Å²) < 4.78 is 41.8. The van der Waals surface area contributed by atoms with Gasteiger partial charge in [-0.15, -0.1) is 0 Å². The fourth-order valence-corrected chi connectivity index (χ4v) is 10.6. The Morgan fingerprint density at radius 1 is 0.821 bits per heavy atom. The standard InChI is InChI=1S/C50H55NO16/c1-8-61-46(59)65-34-24-35-49(26-62-35,67-29(4)53)40-42(66-44(57)32-22-16-11-17-23-32)50(60)25-33(27(2)36(47(50,5)6)39(63-28(3)52)41(55)48(34,40)7)64-45(58)38(54)37(30-18-12-9-13-19-30)51-43(56)31-20-14-10-15-21-31/h9-23,33-35,37-40,42,54,60H,8,24-26H2,1-7H3,(H,51,56)/t33-,34-,35+,37-,38+,39+,40?,42?,48+,49-,50+/m0/s1. The molecular formula is C50H55NO16. The molecule has 1 heterocycles. The Labute approximate surface area is 387 Å². The molecule has 3 aromatic carbocycles. The molecule has 3 N–H and O–H groups in total. The second kappa shape index (κ2) is 18.7. The van der Waals surface area contributed by atoms with Crippen LogP contribution >= 0.6 is 0 Å². The number of hydrogen-bond acceptors (Lipinski definition) is 16. The van der Waals surface area contributed by atoms with Crippen LogP contribution in [0.15, 0.2) is 102 Å². The highest BCUT2D eigenvalue weighted by molar-refractivity contribution is 5.96. The van der Waals surface area contributed by atoms with Crippen molar-refractivity contribution in [2.45, 2.75) is 115 Å². The van der Waals surface area contributed by atoms with Crippen molar-refractivity contribution in [3.63, 3.8) is 0 Å². The van der Waals surface area contributed by atoms with Gasteiger partial charge in [0.25, 0.3) is 5.91 Å². The SMILES string of the molecule is CCOC(=O)O[C@H]1C[C@H]2OC[C@@]2(OC(C)=O)C2C(OC(=O)c3ccccc3)[C@]3(O)C[C@H](OC(=O)[C@H](O)[C@@H](NC(=O)c4ccccc4)c4ccccc4)C(C)=C([C@@H](OC(C)=O)C(=O)[C@@]21C)C3(C)C. The zero-order valence-electron chi connectivity index (χ0n) is 38.2. The maximum Gasteiger partial charge on any atom is 0.508 e. The highest BCUT2D eigenvalue weighted by Crippen LogP contribution is 2.65. The summed E-state index contributed by atoms with van der Waals surface area (Å²) >= 11 is 0. The second-order valence-corrected chi connectivity index (χ2v) is 18.1. The number of nitrogens with one attached hydrogen (secondary N) is 1. The van der Waals surface area contributed by atoms with Gasteiger partial charge in [-0.1, -0.05) is 80.6 Å². The number of aliphatic hydroxyl groups is 2. The third-order valence-electron chi connectivity index (χ3n) is 13.9. The molecule has 1 aliphatic heterocycles. The second-order valence-electron chi connectivity index (χ2n) is 18.1. The molecule has 11 atom stereocenters. The van der Waals surface area contributed by atoms with E-state index in [0.29, 0.717) is 5.56 Å². The van der Waals surface area contributed by atoms with E-state index in [9.17, 15) is 39.0 Å². The molecule has 4 aliphatic rings. The number of ketones is 1. The maximum atomic E-state index is 16.0. The van der Waals surface area contributed by atoms with Crippen LogP contribution in [-0.2, 0) is 52.3 Å². The van der Waals surface area contributed by atoms with E-state index in [1.165, 1.54) is 26.0 Å². The van der Waals surface area contributed by atoms with Crippen molar-refractivity contribution in [2.75, 3.05) is 13.2 Å². The zero-order valence-corrected chi connectivity index (χ0v) is 38.2. The summed E-state index contributed by atoms with van der Waals surface area (Å²) in [6.45, 7) is 9.27. The Kier molecular flexibility index (Phi) is 13.5. The summed E-state index contributed by atoms with van der Waals surface area (Å²) in [5, 5.41) is 28.5. The number of rotatable bonds is 12. The summed E-state index contributed by atoms with van der Waals surface area (Å²) in [5.41, 5.74) is -7.48. The Balaban J connectivity index is 1.42. The van der Waals surface area contributed by atoms with Crippen LogP contribution in [0.1, 0.15) is 93.6 Å². The summed E-state index contributed by atoms with van der Waals surface area (Å²) in [5.74, 6) is -7.13. The molecule has 2 unspecified atom stereocenters. The van der Waals surface area contributed by atoms with Crippen molar-refractivity contribution in [1.82, 2.24) is 5.32 Å². The molecule has 0 radical (unpaired) electrons. The molecule has 0 spiro atoms. The quantitative estimate of drug-likeness (QED) is 0.124. The number of hydrogen-bond donors (Lipinski definition) is 3. The van der Waals surface area contributed by atoms with Gasteiger partial charge in [-0.2, -0.15) is 0 Å². The lowest BCUT2D eigenvalue weighted by atomic mass is 9.44.